The van der Waals surface area contributed by atoms with Gasteiger partial charge in [-0.05, 0) is 60.6 Å². The Bertz CT molecular complexity index is 3420. The number of halogens is 2. The third-order valence-electron chi connectivity index (χ3n) is 8.43. The third-order valence-corrected chi connectivity index (χ3v) is 77.8. The number of benzene rings is 2. The minimum absolute atomic E-state index is 0.0757. The molecule has 0 spiro atoms. The molecule has 1 atom stereocenters. The summed E-state index contributed by atoms with van der Waals surface area (Å²) in [6.45, 7) is 7.67. The fraction of sp³-hybridized carbons (Fsp3) is 0.500. The van der Waals surface area contributed by atoms with Gasteiger partial charge in [-0.2, -0.15) is 0 Å². The summed E-state index contributed by atoms with van der Waals surface area (Å²) in [4.78, 5) is 31.4. The van der Waals surface area contributed by atoms with Crippen LogP contribution in [0.5, 0.6) is 0 Å². The quantitative estimate of drug-likeness (QED) is 0.379. The minimum Gasteiger partial charge on any atom is -0.343 e. The van der Waals surface area contributed by atoms with Crippen LogP contribution in [-0.2, 0) is 316 Å². The van der Waals surface area contributed by atoms with Gasteiger partial charge in [0, 0.05) is 369 Å². The van der Waals surface area contributed by atoms with Crippen LogP contribution in [0, 0.1) is 5.92 Å². The van der Waals surface area contributed by atoms with Crippen LogP contribution in [0.15, 0.2) is 48.5 Å². The summed E-state index contributed by atoms with van der Waals surface area (Å²) in [7, 11) is 56.4. The molecular weight excluding hydrogens is 1570 g/mol. The summed E-state index contributed by atoms with van der Waals surface area (Å²) in [5.41, 5.74) is 2.37. The molecule has 4 rings (SSSR count). The first-order valence-electron chi connectivity index (χ1n) is 18.2. The first-order valence-corrected chi connectivity index (χ1v) is 62.9. The Morgan fingerprint density at radius 3 is 1.13 bits per heavy atom. The highest BCUT2D eigenvalue weighted by Gasteiger charge is 2.35. The maximum atomic E-state index is 13.3. The Kier molecular flexibility index (Phi) is 46.9. The summed E-state index contributed by atoms with van der Waals surface area (Å²) in [5.74, 6) is 0.754. The second-order valence-electron chi connectivity index (χ2n) is 12.0. The van der Waals surface area contributed by atoms with Gasteiger partial charge in [0.1, 0.15) is 0 Å². The molecule has 0 bridgehead atoms. The summed E-state index contributed by atoms with van der Waals surface area (Å²) >= 11 is 21.9. The molecule has 0 aliphatic carbocycles. The number of carbonyl (C=O) groups is 2. The number of likely N-dealkylation sites (tertiary alicyclic amines) is 1. The van der Waals surface area contributed by atoms with Crippen molar-refractivity contribution in [1.29, 1.82) is 0 Å². The van der Waals surface area contributed by atoms with E-state index >= 15 is 0 Å². The maximum Gasteiger partial charge on any atom is 0.223 e. The minimum atomic E-state index is 0.0757. The van der Waals surface area contributed by atoms with Gasteiger partial charge in [-0.15, -0.1) is 0 Å². The summed E-state index contributed by atoms with van der Waals surface area (Å²) in [6, 6.07) is 16.4. The van der Waals surface area contributed by atoms with E-state index < -0.39 is 0 Å². The van der Waals surface area contributed by atoms with Crippen molar-refractivity contribution in [3.8, 4) is 0 Å². The molecule has 2 aliphatic rings. The van der Waals surface area contributed by atoms with E-state index in [9.17, 15) is 9.59 Å². The highest BCUT2D eigenvalue weighted by molar-refractivity contribution is 8.80. The summed E-state index contributed by atoms with van der Waals surface area (Å²) in [5, 5.41) is 1.44. The van der Waals surface area contributed by atoms with E-state index in [0.717, 1.165) is 62.0 Å². The van der Waals surface area contributed by atoms with E-state index in [0.29, 0.717) is 12.3 Å². The molecule has 41 heteroatoms. The Morgan fingerprint density at radius 1 is 0.522 bits per heavy atom. The van der Waals surface area contributed by atoms with Gasteiger partial charge < -0.3 is 9.80 Å². The molecule has 0 unspecified atom stereocenters. The predicted octanol–water partition coefficient (Wildman–Crippen LogP) is 5.57. The molecule has 2 aliphatic heterocycles. The average molecular weight is 1610 g/mol. The topological polar surface area (TPSA) is 43.9 Å². The standard InChI is InChI=1S/C28H35Cl2N3O2.S34/c1-3-26-19-32(16-17-33(26)27(35)18-21-12-14-31(15-13-21)20(2)34)28(22-4-8-24(29)9-5-22)23-6-10-25(30)11-7-23;1-3-5-7-9-11-13-15-17-19-21-23-25-27-29-31-33-34-32-30-28-26-24-22-20-18-16-14-12-10-8-6-4-2/h4-11,21,26,28H,3,12-19H2,1-2H3;/t26-;/m0./s1. The normalized spacial score (nSPS) is 13.8. The highest BCUT2D eigenvalue weighted by atomic mass is 35.5. The van der Waals surface area contributed by atoms with Gasteiger partial charge in [-0.1, -0.05) is 54.4 Å². The lowest BCUT2D eigenvalue weighted by molar-refractivity contribution is -0.138. The molecule has 69 heavy (non-hydrogen) atoms. The largest absolute Gasteiger partial charge is 0.343 e. The van der Waals surface area contributed by atoms with Crippen molar-refractivity contribution in [3.05, 3.63) is 69.7 Å². The van der Waals surface area contributed by atoms with Crippen LogP contribution < -0.4 is 0 Å². The number of rotatable bonds is 6. The number of nitrogens with zero attached hydrogens (tertiary/aromatic N) is 3. The zero-order valence-electron chi connectivity index (χ0n) is 34.5. The van der Waals surface area contributed by atoms with Crippen LogP contribution >= 0.6 is 23.2 Å². The van der Waals surface area contributed by atoms with Crippen molar-refractivity contribution in [1.82, 2.24) is 14.7 Å². The van der Waals surface area contributed by atoms with Crippen LogP contribution in [0.3, 0.4) is 0 Å². The van der Waals surface area contributed by atoms with Gasteiger partial charge in [-0.3, -0.25) is 14.5 Å². The zero-order valence-corrected chi connectivity index (χ0v) is 63.8. The molecule has 0 N–H and O–H groups in total. The molecule has 0 radical (unpaired) electrons. The van der Waals surface area contributed by atoms with Gasteiger partial charge in [0.25, 0.3) is 0 Å². The van der Waals surface area contributed by atoms with Crippen LogP contribution in [0.2, 0.25) is 10.0 Å². The second kappa shape index (κ2) is 47.1. The molecule has 5 nitrogen and oxygen atoms in total. The molecule has 0 saturated carbocycles. The van der Waals surface area contributed by atoms with Crippen LogP contribution in [0.1, 0.15) is 56.7 Å². The number of amides is 2. The number of carbonyl (C=O) groups excluding carboxylic acids is 2. The van der Waals surface area contributed by atoms with Crippen LogP contribution in [0.4, 0.5) is 0 Å². The third kappa shape index (κ3) is 33.7. The Labute approximate surface area is 515 Å². The fourth-order valence-corrected chi connectivity index (χ4v) is 88.4. The van der Waals surface area contributed by atoms with Crippen molar-refractivity contribution < 1.29 is 9.59 Å². The number of piperazine rings is 1. The molecule has 2 aromatic rings. The van der Waals surface area contributed by atoms with Crippen molar-refractivity contribution in [2.75, 3.05) is 32.7 Å². The predicted molar refractivity (Wildman–Crippen MR) is 392 cm³/mol. The number of piperidine rings is 1. The van der Waals surface area contributed by atoms with E-state index in [-0.39, 0.29) is 23.9 Å². The van der Waals surface area contributed by atoms with Gasteiger partial charge in [0.15, 0.2) is 0 Å². The lowest BCUT2D eigenvalue weighted by atomic mass is 9.92. The second-order valence-corrected chi connectivity index (χ2v) is 69.5. The number of hydrogen-bond donors (Lipinski definition) is 0. The van der Waals surface area contributed by atoms with Gasteiger partial charge in [0.05, 0.1) is 6.04 Å². The molecule has 2 heterocycles. The van der Waals surface area contributed by atoms with Crippen molar-refractivity contribution in [2.24, 2.45) is 5.92 Å². The SMILES string of the molecule is CC[C@H]1CN(C(c2ccc(Cl)cc2)c2ccc(Cl)cc2)CCN1C(=O)CC1CCN(C(C)=O)CC1.S=S=S=S=S=S=S=S=S=S=S=S=S=S=S=S=S=S=S=S=S=S=S=S=S=S=S=S=S=S=S=S=S=S. The average Bonchev–Trinajstić information content (AvgIpc) is 3.36. The maximum absolute atomic E-state index is 13.3. The van der Waals surface area contributed by atoms with Crippen molar-refractivity contribution in [3.63, 3.8) is 0 Å². The Morgan fingerprint density at radius 2 is 0.841 bits per heavy atom. The van der Waals surface area contributed by atoms with Gasteiger partial charge in [0.2, 0.25) is 11.8 Å². The molecular formula is C28H35Cl2N3O2S34. The van der Waals surface area contributed by atoms with E-state index in [1.54, 1.807) is 113 Å². The smallest absolute Gasteiger partial charge is 0.223 e. The monoisotopic (exact) mass is 1600 g/mol. The first-order chi connectivity index (χ1) is 33.8. The highest BCUT2D eigenvalue weighted by Crippen LogP contribution is 2.33. The molecule has 2 amide bonds. The van der Waals surface area contributed by atoms with Crippen molar-refractivity contribution >= 4 is 342 Å². The molecule has 2 fully saturated rings. The summed E-state index contributed by atoms with van der Waals surface area (Å²) in [6.07, 6.45) is 3.33. The first kappa shape index (κ1) is 68.7. The van der Waals surface area contributed by atoms with Gasteiger partial charge >= 0.3 is 0 Å². The molecule has 2 saturated heterocycles. The van der Waals surface area contributed by atoms with Crippen LogP contribution in [0.25, 0.3) is 0 Å². The zero-order chi connectivity index (χ0) is 49.6. The molecule has 392 valence electrons. The summed E-state index contributed by atoms with van der Waals surface area (Å²) < 4.78 is 0. The van der Waals surface area contributed by atoms with Gasteiger partial charge in [-0.25, -0.2) is 0 Å². The van der Waals surface area contributed by atoms with E-state index in [1.807, 2.05) is 189 Å². The lowest BCUT2D eigenvalue weighted by Crippen LogP contribution is -2.56. The van der Waals surface area contributed by atoms with Crippen LogP contribution in [-0.4, -0.2) is 65.3 Å². The fourth-order valence-electron chi connectivity index (χ4n) is 5.85. The van der Waals surface area contributed by atoms with E-state index in [4.69, 9.17) is 45.6 Å². The van der Waals surface area contributed by atoms with E-state index in [1.165, 1.54) is 28.9 Å². The van der Waals surface area contributed by atoms with Crippen molar-refractivity contribution in [2.45, 2.75) is 51.6 Å². The Balaban J connectivity index is 0.000000366. The molecule has 0 aromatic heterocycles. The van der Waals surface area contributed by atoms with E-state index in [2.05, 4.69) is 41.0 Å². The number of hydrogen-bond acceptors (Lipinski definition) is 5. The lowest BCUT2D eigenvalue weighted by Gasteiger charge is -2.45. The molecule has 2 aromatic carbocycles. The Hall–Kier alpha value is 5.40.